The summed E-state index contributed by atoms with van der Waals surface area (Å²) in [6.07, 6.45) is 1.25. The van der Waals surface area contributed by atoms with Crippen molar-refractivity contribution in [1.82, 2.24) is 9.97 Å². The van der Waals surface area contributed by atoms with E-state index in [1.807, 2.05) is 0 Å². The Bertz CT molecular complexity index is 624. The van der Waals surface area contributed by atoms with E-state index >= 15 is 0 Å². The Morgan fingerprint density at radius 1 is 1.47 bits per heavy atom. The van der Waals surface area contributed by atoms with Crippen molar-refractivity contribution in [2.75, 3.05) is 0 Å². The van der Waals surface area contributed by atoms with Gasteiger partial charge in [0, 0.05) is 4.90 Å². The average Bonchev–Trinajstić information content (AvgIpc) is 2.37. The largest absolute Gasteiger partial charge is 0.476 e. The van der Waals surface area contributed by atoms with Crippen LogP contribution in [0.15, 0.2) is 35.4 Å². The van der Waals surface area contributed by atoms with E-state index in [0.29, 0.717) is 11.6 Å². The van der Waals surface area contributed by atoms with Gasteiger partial charge in [-0.25, -0.2) is 19.2 Å². The second-order valence-electron chi connectivity index (χ2n) is 3.53. The summed E-state index contributed by atoms with van der Waals surface area (Å²) < 4.78 is 13.0. The molecule has 0 bridgehead atoms. The van der Waals surface area contributed by atoms with E-state index in [9.17, 15) is 9.18 Å². The van der Waals surface area contributed by atoms with Gasteiger partial charge in [-0.15, -0.1) is 11.8 Å². The minimum Gasteiger partial charge on any atom is -0.476 e. The van der Waals surface area contributed by atoms with Crippen molar-refractivity contribution < 1.29 is 14.3 Å². The van der Waals surface area contributed by atoms with Gasteiger partial charge in [-0.1, -0.05) is 17.7 Å². The van der Waals surface area contributed by atoms with E-state index in [0.717, 1.165) is 4.90 Å². The van der Waals surface area contributed by atoms with Crippen LogP contribution in [0, 0.1) is 5.82 Å². The Balaban J connectivity index is 2.12. The fraction of sp³-hybridized carbons (Fsp3) is 0.0833. The van der Waals surface area contributed by atoms with Crippen molar-refractivity contribution >= 4 is 29.3 Å². The monoisotopic (exact) mass is 298 g/mol. The van der Waals surface area contributed by atoms with Crippen molar-refractivity contribution in [2.24, 2.45) is 0 Å². The summed E-state index contributed by atoms with van der Waals surface area (Å²) in [6, 6.07) is 6.09. The molecule has 4 nitrogen and oxygen atoms in total. The Morgan fingerprint density at radius 2 is 2.26 bits per heavy atom. The molecule has 2 rings (SSSR count). The van der Waals surface area contributed by atoms with E-state index in [4.69, 9.17) is 16.7 Å². The molecule has 19 heavy (non-hydrogen) atoms. The SMILES string of the molecule is O=C(O)c1nc(CSc2cccc(F)c2)ncc1Cl. The maximum Gasteiger partial charge on any atom is 0.356 e. The zero-order valence-corrected chi connectivity index (χ0v) is 11.1. The Morgan fingerprint density at radius 3 is 2.95 bits per heavy atom. The first kappa shape index (κ1) is 13.8. The van der Waals surface area contributed by atoms with E-state index in [1.54, 1.807) is 12.1 Å². The average molecular weight is 299 g/mol. The summed E-state index contributed by atoms with van der Waals surface area (Å²) in [6.45, 7) is 0. The molecule has 0 aliphatic heterocycles. The van der Waals surface area contributed by atoms with Gasteiger partial charge in [-0.2, -0.15) is 0 Å². The van der Waals surface area contributed by atoms with Gasteiger partial charge in [-0.3, -0.25) is 0 Å². The highest BCUT2D eigenvalue weighted by molar-refractivity contribution is 7.98. The maximum absolute atomic E-state index is 13.0. The van der Waals surface area contributed by atoms with Crippen LogP contribution in [0.25, 0.3) is 0 Å². The van der Waals surface area contributed by atoms with Gasteiger partial charge >= 0.3 is 5.97 Å². The van der Waals surface area contributed by atoms with Gasteiger partial charge in [0.2, 0.25) is 0 Å². The summed E-state index contributed by atoms with van der Waals surface area (Å²) in [5.41, 5.74) is -0.230. The number of thioether (sulfide) groups is 1. The molecule has 0 unspecified atom stereocenters. The first-order valence-electron chi connectivity index (χ1n) is 5.19. The molecule has 0 atom stereocenters. The number of carbonyl (C=O) groups is 1. The molecule has 0 radical (unpaired) electrons. The normalized spacial score (nSPS) is 10.4. The number of hydrogen-bond donors (Lipinski definition) is 1. The van der Waals surface area contributed by atoms with Gasteiger partial charge in [0.15, 0.2) is 5.69 Å². The lowest BCUT2D eigenvalue weighted by atomic mass is 10.4. The topological polar surface area (TPSA) is 63.1 Å². The smallest absolute Gasteiger partial charge is 0.356 e. The first-order valence-corrected chi connectivity index (χ1v) is 6.55. The number of nitrogens with zero attached hydrogens (tertiary/aromatic N) is 2. The van der Waals surface area contributed by atoms with Crippen LogP contribution in [0.1, 0.15) is 16.3 Å². The van der Waals surface area contributed by atoms with Gasteiger partial charge in [0.05, 0.1) is 17.0 Å². The van der Waals surface area contributed by atoms with Crippen LogP contribution in [0.5, 0.6) is 0 Å². The lowest BCUT2D eigenvalue weighted by molar-refractivity contribution is 0.0690. The number of hydrogen-bond acceptors (Lipinski definition) is 4. The number of aromatic nitrogens is 2. The molecule has 1 aromatic heterocycles. The molecule has 0 fully saturated rings. The van der Waals surface area contributed by atoms with Gasteiger partial charge < -0.3 is 5.11 Å². The number of halogens is 2. The number of rotatable bonds is 4. The van der Waals surface area contributed by atoms with Crippen molar-refractivity contribution in [3.8, 4) is 0 Å². The zero-order chi connectivity index (χ0) is 13.8. The van der Waals surface area contributed by atoms with E-state index in [1.165, 1.54) is 30.1 Å². The number of carboxylic acids is 1. The third kappa shape index (κ3) is 3.65. The van der Waals surface area contributed by atoms with E-state index < -0.39 is 5.97 Å². The molecule has 1 aromatic carbocycles. The lowest BCUT2D eigenvalue weighted by Crippen LogP contribution is -2.05. The van der Waals surface area contributed by atoms with Crippen LogP contribution in [-0.4, -0.2) is 21.0 Å². The Kier molecular flexibility index (Phi) is 4.34. The summed E-state index contributed by atoms with van der Waals surface area (Å²) >= 11 is 6.98. The fourth-order valence-corrected chi connectivity index (χ4v) is 2.31. The van der Waals surface area contributed by atoms with Crippen LogP contribution in [-0.2, 0) is 5.75 Å². The molecule has 0 aliphatic carbocycles. The van der Waals surface area contributed by atoms with Crippen LogP contribution < -0.4 is 0 Å². The van der Waals surface area contributed by atoms with Crippen molar-refractivity contribution in [1.29, 1.82) is 0 Å². The molecule has 7 heteroatoms. The van der Waals surface area contributed by atoms with Gasteiger partial charge in [-0.05, 0) is 18.2 Å². The van der Waals surface area contributed by atoms with Crippen molar-refractivity contribution in [3.05, 3.63) is 52.8 Å². The third-order valence-electron chi connectivity index (χ3n) is 2.16. The fourth-order valence-electron chi connectivity index (χ4n) is 1.33. The number of benzene rings is 1. The molecular formula is C12H8ClFN2O2S. The minimum atomic E-state index is -1.20. The molecule has 0 amide bonds. The second-order valence-corrected chi connectivity index (χ2v) is 4.99. The number of aromatic carboxylic acids is 1. The van der Waals surface area contributed by atoms with Gasteiger partial charge in [0.1, 0.15) is 11.6 Å². The van der Waals surface area contributed by atoms with Crippen LogP contribution in [0.4, 0.5) is 4.39 Å². The summed E-state index contributed by atoms with van der Waals surface area (Å²) in [7, 11) is 0. The highest BCUT2D eigenvalue weighted by Crippen LogP contribution is 2.22. The summed E-state index contributed by atoms with van der Waals surface area (Å²) in [5.74, 6) is -0.866. The van der Waals surface area contributed by atoms with Crippen LogP contribution in [0.3, 0.4) is 0 Å². The molecular weight excluding hydrogens is 291 g/mol. The zero-order valence-electron chi connectivity index (χ0n) is 9.51. The highest BCUT2D eigenvalue weighted by Gasteiger charge is 2.12. The lowest BCUT2D eigenvalue weighted by Gasteiger charge is -2.03. The second kappa shape index (κ2) is 5.99. The third-order valence-corrected chi connectivity index (χ3v) is 3.43. The molecule has 2 aromatic rings. The Labute approximate surface area is 117 Å². The maximum atomic E-state index is 13.0. The van der Waals surface area contributed by atoms with E-state index in [-0.39, 0.29) is 16.5 Å². The quantitative estimate of drug-likeness (QED) is 0.878. The molecule has 98 valence electrons. The minimum absolute atomic E-state index is 0.00740. The van der Waals surface area contributed by atoms with Crippen LogP contribution in [0.2, 0.25) is 5.02 Å². The van der Waals surface area contributed by atoms with Crippen molar-refractivity contribution in [2.45, 2.75) is 10.6 Å². The van der Waals surface area contributed by atoms with Crippen molar-refractivity contribution in [3.63, 3.8) is 0 Å². The molecule has 1 N–H and O–H groups in total. The molecule has 0 aliphatic rings. The predicted molar refractivity (Wildman–Crippen MR) is 70.0 cm³/mol. The van der Waals surface area contributed by atoms with E-state index in [2.05, 4.69) is 9.97 Å². The molecule has 1 heterocycles. The highest BCUT2D eigenvalue weighted by atomic mass is 35.5. The summed E-state index contributed by atoms with van der Waals surface area (Å²) in [5, 5.41) is 8.87. The standard InChI is InChI=1S/C12H8ClFN2O2S/c13-9-5-15-10(16-11(9)12(17)18)6-19-8-3-1-2-7(14)4-8/h1-5H,6H2,(H,17,18). The molecule has 0 saturated heterocycles. The van der Waals surface area contributed by atoms with Gasteiger partial charge in [0.25, 0.3) is 0 Å². The Hall–Kier alpha value is -1.66. The molecule has 0 spiro atoms. The predicted octanol–water partition coefficient (Wildman–Crippen LogP) is 3.26. The summed E-state index contributed by atoms with van der Waals surface area (Å²) in [4.78, 5) is 19.4. The molecule has 0 saturated carbocycles. The number of carboxylic acid groups (broad SMARTS) is 1. The van der Waals surface area contributed by atoms with Crippen LogP contribution >= 0.6 is 23.4 Å². The first-order chi connectivity index (χ1) is 9.06.